The van der Waals surface area contributed by atoms with Gasteiger partial charge < -0.3 is 28.8 Å². The fourth-order valence-electron chi connectivity index (χ4n) is 8.10. The van der Waals surface area contributed by atoms with Crippen LogP contribution in [0.15, 0.2) is 36.4 Å². The summed E-state index contributed by atoms with van der Waals surface area (Å²) in [4.78, 5) is 29.8. The maximum Gasteiger partial charge on any atom is 0.411 e. The number of nitriles is 1. The molecule has 1 fully saturated rings. The van der Waals surface area contributed by atoms with Crippen molar-refractivity contribution in [3.8, 4) is 34.8 Å². The SMILES string of the molecule is COc1c(C)cc2c(c1O)C1C3Cc4c(OC(C)=O)c(C)c5c(c4[C@H](COC(=O)Nc4ccccc4)N3C(C#N)C(C2)N1C)OCO5. The molecule has 4 aliphatic heterocycles. The molecule has 4 heterocycles. The molecule has 0 saturated carbocycles. The molecule has 0 spiro atoms. The minimum absolute atomic E-state index is 0.0340. The lowest BCUT2D eigenvalue weighted by Gasteiger charge is -2.59. The number of likely N-dealkylation sites (N-methyl/N-ethyl adjacent to an activating group) is 1. The van der Waals surface area contributed by atoms with Crippen molar-refractivity contribution in [2.24, 2.45) is 0 Å². The Hall–Kier alpha value is -4.99. The molecule has 4 unspecified atom stereocenters. The zero-order valence-corrected chi connectivity index (χ0v) is 26.8. The van der Waals surface area contributed by atoms with Gasteiger partial charge in [0.2, 0.25) is 6.79 Å². The molecule has 7 rings (SSSR count). The third-order valence-electron chi connectivity index (χ3n) is 9.90. The van der Waals surface area contributed by atoms with E-state index in [2.05, 4.69) is 21.2 Å². The molecule has 0 aromatic heterocycles. The number of hydrogen-bond acceptors (Lipinski definition) is 11. The number of phenolic OH excluding ortho intramolecular Hbond substituents is 1. The predicted molar refractivity (Wildman–Crippen MR) is 169 cm³/mol. The monoisotopic (exact) mass is 640 g/mol. The zero-order valence-electron chi connectivity index (χ0n) is 26.8. The van der Waals surface area contributed by atoms with Gasteiger partial charge in [-0.25, -0.2) is 4.79 Å². The highest BCUT2D eigenvalue weighted by Crippen LogP contribution is 2.58. The summed E-state index contributed by atoms with van der Waals surface area (Å²) in [6, 6.07) is 11.2. The number of phenols is 1. The average Bonchev–Trinajstić information content (AvgIpc) is 3.53. The van der Waals surface area contributed by atoms with E-state index in [0.29, 0.717) is 58.2 Å². The number of piperazine rings is 1. The van der Waals surface area contributed by atoms with E-state index in [1.54, 1.807) is 24.3 Å². The number of aryl methyl sites for hydroxylation is 1. The molecule has 0 aliphatic carbocycles. The first-order valence-corrected chi connectivity index (χ1v) is 15.5. The summed E-state index contributed by atoms with van der Waals surface area (Å²) in [7, 11) is 3.50. The second-order valence-electron chi connectivity index (χ2n) is 12.4. The molecule has 12 nitrogen and oxygen atoms in total. The third kappa shape index (κ3) is 4.80. The first-order chi connectivity index (χ1) is 22.6. The second-order valence-corrected chi connectivity index (χ2v) is 12.4. The van der Waals surface area contributed by atoms with Crippen molar-refractivity contribution in [2.75, 3.05) is 32.9 Å². The summed E-state index contributed by atoms with van der Waals surface area (Å²) in [5.41, 5.74) is 5.04. The van der Waals surface area contributed by atoms with Crippen molar-refractivity contribution in [2.45, 2.75) is 63.8 Å². The van der Waals surface area contributed by atoms with Gasteiger partial charge in [0.1, 0.15) is 18.4 Å². The van der Waals surface area contributed by atoms with E-state index in [1.807, 2.05) is 33.0 Å². The lowest BCUT2D eigenvalue weighted by molar-refractivity contribution is -0.132. The molecule has 2 bridgehead atoms. The van der Waals surface area contributed by atoms with E-state index in [4.69, 9.17) is 23.7 Å². The van der Waals surface area contributed by atoms with Gasteiger partial charge in [0.25, 0.3) is 0 Å². The first-order valence-electron chi connectivity index (χ1n) is 15.5. The Morgan fingerprint density at radius 3 is 2.53 bits per heavy atom. The number of nitrogens with zero attached hydrogens (tertiary/aromatic N) is 3. The molecule has 5 atom stereocenters. The van der Waals surface area contributed by atoms with Crippen LogP contribution in [0.1, 0.15) is 52.4 Å². The van der Waals surface area contributed by atoms with Crippen LogP contribution < -0.4 is 24.3 Å². The number of aromatic hydroxyl groups is 1. The maximum atomic E-state index is 13.1. The first kappa shape index (κ1) is 30.7. The molecular formula is C35H36N4O8. The number of methoxy groups -OCH3 is 1. The van der Waals surface area contributed by atoms with Crippen LogP contribution in [0.3, 0.4) is 0 Å². The van der Waals surface area contributed by atoms with Crippen molar-refractivity contribution < 1.29 is 38.4 Å². The molecule has 2 N–H and O–H groups in total. The number of carbonyl (C=O) groups excluding carboxylic acids is 2. The Balaban J connectivity index is 1.41. The molecule has 3 aromatic carbocycles. The Kier molecular flexibility index (Phi) is 7.61. The number of benzene rings is 3. The normalized spacial score (nSPS) is 23.9. The number of fused-ring (bicyclic) bond motifs is 9. The van der Waals surface area contributed by atoms with E-state index < -0.39 is 30.2 Å². The number of para-hydroxylation sites is 1. The van der Waals surface area contributed by atoms with Gasteiger partial charge in [-0.1, -0.05) is 24.3 Å². The van der Waals surface area contributed by atoms with Gasteiger partial charge in [-0.05, 0) is 57.0 Å². The summed E-state index contributed by atoms with van der Waals surface area (Å²) >= 11 is 0. The highest BCUT2D eigenvalue weighted by atomic mass is 16.7. The predicted octanol–water partition coefficient (Wildman–Crippen LogP) is 4.69. The van der Waals surface area contributed by atoms with E-state index in [9.17, 15) is 20.0 Å². The van der Waals surface area contributed by atoms with Crippen LogP contribution in [0, 0.1) is 25.2 Å². The summed E-state index contributed by atoms with van der Waals surface area (Å²) in [5.74, 6) is 1.25. The summed E-state index contributed by atoms with van der Waals surface area (Å²) in [6.07, 6.45) is 0.200. The Morgan fingerprint density at radius 2 is 1.83 bits per heavy atom. The number of nitrogens with one attached hydrogen (secondary N) is 1. The molecule has 4 aliphatic rings. The van der Waals surface area contributed by atoms with Gasteiger partial charge in [-0.2, -0.15) is 5.26 Å². The smallest absolute Gasteiger partial charge is 0.411 e. The molecule has 1 saturated heterocycles. The number of rotatable bonds is 5. The summed E-state index contributed by atoms with van der Waals surface area (Å²) in [6.45, 7) is 4.87. The Morgan fingerprint density at radius 1 is 1.09 bits per heavy atom. The fraction of sp³-hybridized carbons (Fsp3) is 0.400. The number of esters is 1. The van der Waals surface area contributed by atoms with Crippen LogP contribution in [0.5, 0.6) is 28.7 Å². The van der Waals surface area contributed by atoms with Gasteiger partial charge in [0.05, 0.1) is 25.3 Å². The topological polar surface area (TPSA) is 143 Å². The molecule has 0 radical (unpaired) electrons. The lowest BCUT2D eigenvalue weighted by Crippen LogP contribution is -2.68. The highest BCUT2D eigenvalue weighted by Gasteiger charge is 2.57. The van der Waals surface area contributed by atoms with Crippen LogP contribution in [-0.2, 0) is 22.4 Å². The highest BCUT2D eigenvalue weighted by molar-refractivity contribution is 5.84. The minimum Gasteiger partial charge on any atom is -0.504 e. The van der Waals surface area contributed by atoms with Gasteiger partial charge in [0.15, 0.2) is 23.0 Å². The van der Waals surface area contributed by atoms with Crippen LogP contribution in [0.2, 0.25) is 0 Å². The van der Waals surface area contributed by atoms with Gasteiger partial charge in [-0.3, -0.25) is 19.9 Å². The number of hydrogen-bond donors (Lipinski definition) is 2. The van der Waals surface area contributed by atoms with Crippen molar-refractivity contribution in [3.05, 3.63) is 69.8 Å². The fourth-order valence-corrected chi connectivity index (χ4v) is 8.10. The number of ether oxygens (including phenoxy) is 5. The third-order valence-corrected chi connectivity index (χ3v) is 9.90. The van der Waals surface area contributed by atoms with Gasteiger partial charge in [-0.15, -0.1) is 0 Å². The van der Waals surface area contributed by atoms with Crippen LogP contribution in [0.4, 0.5) is 10.5 Å². The number of anilines is 1. The van der Waals surface area contributed by atoms with E-state index in [1.165, 1.54) is 14.0 Å². The van der Waals surface area contributed by atoms with E-state index in [0.717, 1.165) is 16.7 Å². The Labute approximate surface area is 272 Å². The van der Waals surface area contributed by atoms with E-state index in [-0.39, 0.29) is 31.2 Å². The molecular weight excluding hydrogens is 604 g/mol. The molecule has 244 valence electrons. The maximum absolute atomic E-state index is 13.1. The minimum atomic E-state index is -0.685. The van der Waals surface area contributed by atoms with Gasteiger partial charge >= 0.3 is 12.1 Å². The standard InChI is InChI=1S/C35H36N4O8/c1-17-11-20-12-23-25(14-36)39-24(29(38(23)4)27(20)30(41)31(17)43-5)13-22-28(26(39)15-44-35(42)37-21-9-7-6-8-10-21)34-33(45-16-46-34)18(2)32(22)47-19(3)40/h6-11,23-26,29,41H,12-13,15-16H2,1-5H3,(H,37,42)/t23?,24?,25?,26-,29?/m0/s1. The van der Waals surface area contributed by atoms with Crippen LogP contribution in [-0.4, -0.2) is 72.7 Å². The Bertz CT molecular complexity index is 1820. The van der Waals surface area contributed by atoms with Crippen molar-refractivity contribution in [3.63, 3.8) is 0 Å². The summed E-state index contributed by atoms with van der Waals surface area (Å²) < 4.78 is 29.3. The van der Waals surface area contributed by atoms with Crippen molar-refractivity contribution in [1.82, 2.24) is 9.80 Å². The van der Waals surface area contributed by atoms with Crippen LogP contribution >= 0.6 is 0 Å². The largest absolute Gasteiger partial charge is 0.504 e. The van der Waals surface area contributed by atoms with Gasteiger partial charge in [0, 0.05) is 46.9 Å². The molecule has 1 amide bonds. The lowest BCUT2D eigenvalue weighted by atomic mass is 9.71. The number of amides is 1. The van der Waals surface area contributed by atoms with Crippen LogP contribution in [0.25, 0.3) is 0 Å². The molecule has 47 heavy (non-hydrogen) atoms. The summed E-state index contributed by atoms with van der Waals surface area (Å²) in [5, 5.41) is 25.2. The van der Waals surface area contributed by atoms with E-state index >= 15 is 0 Å². The second kappa shape index (κ2) is 11.7. The molecule has 3 aromatic rings. The zero-order chi connectivity index (χ0) is 33.1. The number of carbonyl (C=O) groups is 2. The van der Waals surface area contributed by atoms with Crippen molar-refractivity contribution >= 4 is 17.7 Å². The molecule has 12 heteroatoms. The van der Waals surface area contributed by atoms with Crippen molar-refractivity contribution in [1.29, 1.82) is 5.26 Å². The average molecular weight is 641 g/mol. The quantitative estimate of drug-likeness (QED) is 0.296.